The molecule has 0 heterocycles. The van der Waals surface area contributed by atoms with Crippen molar-refractivity contribution in [2.45, 2.75) is 12.8 Å². The number of hydrogen-bond acceptors (Lipinski definition) is 10. The van der Waals surface area contributed by atoms with E-state index in [2.05, 4.69) is 4.90 Å². The van der Waals surface area contributed by atoms with Crippen LogP contribution in [-0.2, 0) is 23.9 Å². The number of carboxylic acid groups (broad SMARTS) is 2. The van der Waals surface area contributed by atoms with E-state index >= 15 is 0 Å². The number of rotatable bonds is 15. The van der Waals surface area contributed by atoms with Crippen LogP contribution >= 0.6 is 0 Å². The van der Waals surface area contributed by atoms with Gasteiger partial charge in [0.25, 0.3) is 0 Å². The lowest BCUT2D eigenvalue weighted by atomic mass is 10.0. The number of carboxylic acids is 2. The van der Waals surface area contributed by atoms with E-state index < -0.39 is 17.9 Å². The second kappa shape index (κ2) is 19.8. The molecule has 46 heavy (non-hydrogen) atoms. The molecule has 0 aliphatic carbocycles. The summed E-state index contributed by atoms with van der Waals surface area (Å²) in [6.45, 7) is 2.15. The van der Waals surface area contributed by atoms with Gasteiger partial charge in [0.15, 0.2) is 11.5 Å². The Labute approximate surface area is 267 Å². The number of benzene rings is 3. The first-order valence-electron chi connectivity index (χ1n) is 14.2. The van der Waals surface area contributed by atoms with Crippen LogP contribution < -0.4 is 14.2 Å². The topological polar surface area (TPSA) is 158 Å². The zero-order valence-electron chi connectivity index (χ0n) is 26.3. The Bertz CT molecular complexity index is 1420. The molecule has 12 nitrogen and oxygen atoms in total. The highest BCUT2D eigenvalue weighted by atomic mass is 16.5. The Kier molecular flexibility index (Phi) is 15.9. The molecule has 0 amide bonds. The normalized spacial score (nSPS) is 10.5. The van der Waals surface area contributed by atoms with Crippen LogP contribution in [0.15, 0.2) is 72.8 Å². The molecule has 12 heteroatoms. The highest BCUT2D eigenvalue weighted by Crippen LogP contribution is 2.38. The Morgan fingerprint density at radius 3 is 1.74 bits per heavy atom. The fraction of sp³-hybridized carbons (Fsp3) is 0.294. The lowest BCUT2D eigenvalue weighted by molar-refractivity contribution is -0.159. The van der Waals surface area contributed by atoms with Crippen molar-refractivity contribution < 1.29 is 53.1 Å². The molecule has 0 spiro atoms. The van der Waals surface area contributed by atoms with E-state index in [9.17, 15) is 9.59 Å². The van der Waals surface area contributed by atoms with Crippen molar-refractivity contribution in [3.05, 3.63) is 83.9 Å². The third kappa shape index (κ3) is 12.7. The Hall–Kier alpha value is -5.36. The molecule has 0 aliphatic heterocycles. The molecule has 3 aromatic carbocycles. The number of methoxy groups -OCH3 is 3. The third-order valence-electron chi connectivity index (χ3n) is 6.36. The molecular formula is C34H39NO11. The Morgan fingerprint density at radius 1 is 0.717 bits per heavy atom. The van der Waals surface area contributed by atoms with Crippen LogP contribution in [0.4, 0.5) is 0 Å². The summed E-state index contributed by atoms with van der Waals surface area (Å²) in [4.78, 5) is 44.8. The molecule has 0 atom stereocenters. The third-order valence-corrected chi connectivity index (χ3v) is 6.36. The number of nitrogens with zero attached hydrogens (tertiary/aromatic N) is 1. The van der Waals surface area contributed by atoms with Crippen LogP contribution in [0.5, 0.6) is 17.2 Å². The number of aliphatic carboxylic acids is 2. The molecule has 2 N–H and O–H groups in total. The zero-order valence-corrected chi connectivity index (χ0v) is 26.3. The molecule has 0 aliphatic rings. The van der Waals surface area contributed by atoms with Crippen molar-refractivity contribution in [2.24, 2.45) is 0 Å². The first kappa shape index (κ1) is 36.8. The van der Waals surface area contributed by atoms with Crippen molar-refractivity contribution >= 4 is 30.0 Å². The SMILES string of the molecule is COc1cc(/C=C/C(=O)OCCCN(C)CCCOC(=O)c2ccc(-c3ccccc3)cc2)cc(OC)c1OC.O=C(O)C(=O)O. The van der Waals surface area contributed by atoms with Crippen LogP contribution in [0.1, 0.15) is 28.8 Å². The van der Waals surface area contributed by atoms with Gasteiger partial charge in [0.1, 0.15) is 0 Å². The fourth-order valence-corrected chi connectivity index (χ4v) is 4.04. The van der Waals surface area contributed by atoms with E-state index in [0.29, 0.717) is 48.9 Å². The van der Waals surface area contributed by atoms with Gasteiger partial charge in [-0.3, -0.25) is 0 Å². The maximum absolute atomic E-state index is 12.3. The van der Waals surface area contributed by atoms with Crippen LogP contribution in [0, 0.1) is 0 Å². The molecule has 0 bridgehead atoms. The monoisotopic (exact) mass is 637 g/mol. The van der Waals surface area contributed by atoms with E-state index in [1.165, 1.54) is 27.4 Å². The second-order valence-corrected chi connectivity index (χ2v) is 9.66. The molecular weight excluding hydrogens is 598 g/mol. The minimum Gasteiger partial charge on any atom is -0.493 e. The first-order chi connectivity index (χ1) is 22.1. The minimum atomic E-state index is -1.82. The predicted octanol–water partition coefficient (Wildman–Crippen LogP) is 4.66. The zero-order chi connectivity index (χ0) is 33.9. The first-order valence-corrected chi connectivity index (χ1v) is 14.2. The number of hydrogen-bond donors (Lipinski definition) is 2. The van der Waals surface area contributed by atoms with E-state index in [0.717, 1.165) is 29.8 Å². The van der Waals surface area contributed by atoms with E-state index in [1.807, 2.05) is 49.5 Å². The summed E-state index contributed by atoms with van der Waals surface area (Å²) in [5, 5.41) is 14.8. The van der Waals surface area contributed by atoms with Crippen LogP contribution in [0.3, 0.4) is 0 Å². The van der Waals surface area contributed by atoms with Crippen LogP contribution in [0.2, 0.25) is 0 Å². The molecule has 246 valence electrons. The fourth-order valence-electron chi connectivity index (χ4n) is 4.04. The standard InChI is InChI=1S/C32H37NO7.C2H2O4/c1-33(19-9-21-40-32(35)27-15-13-26(14-16-27)25-10-6-5-7-11-25)18-8-20-39-30(34)17-12-24-22-28(36-2)31(38-4)29(23-24)37-3;3-1(4)2(5)6/h5-7,10-17,22-23H,8-9,18-21H2,1-4H3;(H,3,4)(H,5,6)/b17-12+;. The second-order valence-electron chi connectivity index (χ2n) is 9.66. The van der Waals surface area contributed by atoms with Gasteiger partial charge in [-0.15, -0.1) is 0 Å². The van der Waals surface area contributed by atoms with Gasteiger partial charge in [-0.25, -0.2) is 19.2 Å². The summed E-state index contributed by atoms with van der Waals surface area (Å²) in [7, 11) is 6.59. The smallest absolute Gasteiger partial charge is 0.414 e. The largest absolute Gasteiger partial charge is 0.493 e. The maximum atomic E-state index is 12.3. The van der Waals surface area contributed by atoms with Crippen molar-refractivity contribution in [1.82, 2.24) is 4.90 Å². The highest BCUT2D eigenvalue weighted by molar-refractivity contribution is 6.27. The molecule has 3 aromatic rings. The lowest BCUT2D eigenvalue weighted by Crippen LogP contribution is -2.23. The minimum absolute atomic E-state index is 0.302. The molecule has 0 radical (unpaired) electrons. The lowest BCUT2D eigenvalue weighted by Gasteiger charge is -2.16. The van der Waals surface area contributed by atoms with Crippen molar-refractivity contribution in [3.8, 4) is 28.4 Å². The number of esters is 2. The van der Waals surface area contributed by atoms with Crippen LogP contribution in [0.25, 0.3) is 17.2 Å². The van der Waals surface area contributed by atoms with Gasteiger partial charge in [-0.05, 0) is 66.9 Å². The van der Waals surface area contributed by atoms with Crippen molar-refractivity contribution in [1.29, 1.82) is 0 Å². The average Bonchev–Trinajstić information content (AvgIpc) is 3.07. The van der Waals surface area contributed by atoms with Gasteiger partial charge in [-0.1, -0.05) is 42.5 Å². The van der Waals surface area contributed by atoms with Gasteiger partial charge in [0.2, 0.25) is 5.75 Å². The van der Waals surface area contributed by atoms with Crippen molar-refractivity contribution in [3.63, 3.8) is 0 Å². The average molecular weight is 638 g/mol. The summed E-state index contributed by atoms with van der Waals surface area (Å²) in [6, 6.07) is 20.9. The summed E-state index contributed by atoms with van der Waals surface area (Å²) in [6.07, 6.45) is 4.40. The van der Waals surface area contributed by atoms with E-state index in [-0.39, 0.29) is 5.97 Å². The number of carbonyl (C=O) groups is 4. The quantitative estimate of drug-likeness (QED) is 0.103. The Morgan fingerprint density at radius 2 is 1.24 bits per heavy atom. The molecule has 0 aromatic heterocycles. The summed E-state index contributed by atoms with van der Waals surface area (Å²) >= 11 is 0. The molecule has 3 rings (SSSR count). The predicted molar refractivity (Wildman–Crippen MR) is 170 cm³/mol. The maximum Gasteiger partial charge on any atom is 0.414 e. The Balaban J connectivity index is 0.00000112. The van der Waals surface area contributed by atoms with Crippen molar-refractivity contribution in [2.75, 3.05) is 54.7 Å². The van der Waals surface area contributed by atoms with Gasteiger partial charge in [0, 0.05) is 19.2 Å². The number of carbonyl (C=O) groups excluding carboxylic acids is 2. The highest BCUT2D eigenvalue weighted by Gasteiger charge is 2.12. The number of ether oxygens (including phenoxy) is 5. The molecule has 0 unspecified atom stereocenters. The van der Waals surface area contributed by atoms with E-state index in [4.69, 9.17) is 43.5 Å². The van der Waals surface area contributed by atoms with E-state index in [1.54, 1.807) is 30.3 Å². The summed E-state index contributed by atoms with van der Waals surface area (Å²) in [5.74, 6) is -2.91. The van der Waals surface area contributed by atoms with Gasteiger partial charge in [-0.2, -0.15) is 0 Å². The van der Waals surface area contributed by atoms with Gasteiger partial charge in [0.05, 0.1) is 40.1 Å². The summed E-state index contributed by atoms with van der Waals surface area (Å²) < 4.78 is 26.7. The molecule has 0 fully saturated rings. The van der Waals surface area contributed by atoms with Gasteiger partial charge < -0.3 is 38.8 Å². The van der Waals surface area contributed by atoms with Gasteiger partial charge >= 0.3 is 23.9 Å². The molecule has 0 saturated carbocycles. The summed E-state index contributed by atoms with van der Waals surface area (Å²) in [5.41, 5.74) is 3.41. The molecule has 0 saturated heterocycles. The van der Waals surface area contributed by atoms with Crippen LogP contribution in [-0.4, -0.2) is 93.7 Å².